The van der Waals surface area contributed by atoms with Crippen LogP contribution in [0.25, 0.3) is 0 Å². The molecule has 0 saturated carbocycles. The fourth-order valence-electron chi connectivity index (χ4n) is 1.70. The number of phenolic OH excluding ortho intramolecular Hbond substituents is 1. The van der Waals surface area contributed by atoms with Crippen LogP contribution < -0.4 is 0 Å². The Hall–Kier alpha value is -2.12. The van der Waals surface area contributed by atoms with E-state index in [0.29, 0.717) is 5.56 Å². The van der Waals surface area contributed by atoms with Crippen molar-refractivity contribution in [2.45, 2.75) is 25.0 Å². The van der Waals surface area contributed by atoms with Gasteiger partial charge in [0.25, 0.3) is 0 Å². The molecular formula is C13H16O7. The number of carboxylic acid groups (broad SMARTS) is 1. The van der Waals surface area contributed by atoms with Crippen LogP contribution in [-0.4, -0.2) is 45.6 Å². The van der Waals surface area contributed by atoms with Crippen molar-refractivity contribution in [2.24, 2.45) is 0 Å². The molecule has 0 fully saturated rings. The SMILES string of the molecule is COC(=O)CC(O)C(O)c1cc(CC(=O)O)ccc1O. The van der Waals surface area contributed by atoms with Crippen LogP contribution in [0, 0.1) is 0 Å². The maximum atomic E-state index is 11.0. The average molecular weight is 284 g/mol. The molecule has 1 rings (SSSR count). The topological polar surface area (TPSA) is 124 Å². The second-order valence-electron chi connectivity index (χ2n) is 4.26. The number of hydrogen-bond acceptors (Lipinski definition) is 6. The lowest BCUT2D eigenvalue weighted by Crippen LogP contribution is -2.22. The predicted molar refractivity (Wildman–Crippen MR) is 67.0 cm³/mol. The normalized spacial score (nSPS) is 13.6. The molecule has 7 nitrogen and oxygen atoms in total. The maximum Gasteiger partial charge on any atom is 0.308 e. The predicted octanol–water partition coefficient (Wildman–Crippen LogP) is -0.0233. The number of esters is 1. The highest BCUT2D eigenvalue weighted by Gasteiger charge is 2.24. The van der Waals surface area contributed by atoms with E-state index >= 15 is 0 Å². The van der Waals surface area contributed by atoms with Gasteiger partial charge in [0.05, 0.1) is 26.1 Å². The molecule has 0 spiro atoms. The van der Waals surface area contributed by atoms with E-state index in [2.05, 4.69) is 4.74 Å². The molecular weight excluding hydrogens is 268 g/mol. The number of ether oxygens (including phenoxy) is 1. The number of rotatable bonds is 6. The highest BCUT2D eigenvalue weighted by atomic mass is 16.5. The lowest BCUT2D eigenvalue weighted by atomic mass is 9.98. The summed E-state index contributed by atoms with van der Waals surface area (Å²) < 4.78 is 4.36. The van der Waals surface area contributed by atoms with Gasteiger partial charge < -0.3 is 25.2 Å². The molecule has 110 valence electrons. The fourth-order valence-corrected chi connectivity index (χ4v) is 1.70. The van der Waals surface area contributed by atoms with Crippen LogP contribution in [0.2, 0.25) is 0 Å². The van der Waals surface area contributed by atoms with E-state index in [1.165, 1.54) is 18.2 Å². The molecule has 1 aromatic rings. The Bertz CT molecular complexity index is 497. The van der Waals surface area contributed by atoms with E-state index in [9.17, 15) is 24.9 Å². The van der Waals surface area contributed by atoms with E-state index in [-0.39, 0.29) is 17.7 Å². The molecule has 0 radical (unpaired) electrons. The first-order chi connectivity index (χ1) is 9.35. The number of phenols is 1. The Morgan fingerprint density at radius 2 is 1.95 bits per heavy atom. The Balaban J connectivity index is 2.93. The van der Waals surface area contributed by atoms with Crippen LogP contribution >= 0.6 is 0 Å². The minimum atomic E-state index is -1.53. The molecule has 0 bridgehead atoms. The molecule has 0 aliphatic carbocycles. The van der Waals surface area contributed by atoms with Crippen LogP contribution in [0.1, 0.15) is 23.7 Å². The smallest absolute Gasteiger partial charge is 0.308 e. The van der Waals surface area contributed by atoms with Crippen molar-refractivity contribution in [3.63, 3.8) is 0 Å². The third-order valence-corrected chi connectivity index (χ3v) is 2.73. The van der Waals surface area contributed by atoms with Gasteiger partial charge in [0.1, 0.15) is 11.9 Å². The second-order valence-corrected chi connectivity index (χ2v) is 4.26. The third kappa shape index (κ3) is 4.22. The number of aliphatic hydroxyl groups is 2. The van der Waals surface area contributed by atoms with Crippen molar-refractivity contribution < 1.29 is 34.8 Å². The van der Waals surface area contributed by atoms with Gasteiger partial charge in [-0.2, -0.15) is 0 Å². The van der Waals surface area contributed by atoms with Crippen molar-refractivity contribution in [2.75, 3.05) is 7.11 Å². The Labute approximate surface area is 115 Å². The molecule has 0 heterocycles. The molecule has 1 aromatic carbocycles. The Kier molecular flexibility index (Phi) is 5.48. The number of methoxy groups -OCH3 is 1. The van der Waals surface area contributed by atoms with Crippen LogP contribution in [0.5, 0.6) is 5.75 Å². The summed E-state index contributed by atoms with van der Waals surface area (Å²) in [7, 11) is 1.15. The first kappa shape index (κ1) is 15.9. The first-order valence-electron chi connectivity index (χ1n) is 5.81. The van der Waals surface area contributed by atoms with Crippen molar-refractivity contribution in [1.82, 2.24) is 0 Å². The van der Waals surface area contributed by atoms with Crippen molar-refractivity contribution in [1.29, 1.82) is 0 Å². The zero-order chi connectivity index (χ0) is 15.3. The van der Waals surface area contributed by atoms with Gasteiger partial charge >= 0.3 is 11.9 Å². The number of benzene rings is 1. The van der Waals surface area contributed by atoms with Gasteiger partial charge in [-0.3, -0.25) is 9.59 Å². The summed E-state index contributed by atoms with van der Waals surface area (Å²) in [6.07, 6.45) is -3.72. The highest BCUT2D eigenvalue weighted by molar-refractivity contribution is 5.71. The number of carbonyl (C=O) groups is 2. The third-order valence-electron chi connectivity index (χ3n) is 2.73. The van der Waals surface area contributed by atoms with E-state index < -0.39 is 30.6 Å². The largest absolute Gasteiger partial charge is 0.508 e. The number of hydrogen-bond donors (Lipinski definition) is 4. The van der Waals surface area contributed by atoms with Crippen LogP contribution in [0.3, 0.4) is 0 Å². The van der Waals surface area contributed by atoms with Gasteiger partial charge in [-0.25, -0.2) is 0 Å². The number of aliphatic hydroxyl groups excluding tert-OH is 2. The molecule has 7 heteroatoms. The van der Waals surface area contributed by atoms with E-state index in [0.717, 1.165) is 7.11 Å². The van der Waals surface area contributed by atoms with E-state index in [1.54, 1.807) is 0 Å². The average Bonchev–Trinajstić information content (AvgIpc) is 2.39. The second kappa shape index (κ2) is 6.88. The number of carboxylic acids is 1. The quantitative estimate of drug-likeness (QED) is 0.541. The molecule has 0 amide bonds. The lowest BCUT2D eigenvalue weighted by molar-refractivity contribution is -0.144. The van der Waals surface area contributed by atoms with Gasteiger partial charge in [-0.1, -0.05) is 6.07 Å². The van der Waals surface area contributed by atoms with E-state index in [4.69, 9.17) is 5.11 Å². The number of aromatic hydroxyl groups is 1. The van der Waals surface area contributed by atoms with Crippen LogP contribution in [-0.2, 0) is 20.7 Å². The van der Waals surface area contributed by atoms with Crippen molar-refractivity contribution >= 4 is 11.9 Å². The number of carbonyl (C=O) groups excluding carboxylic acids is 1. The van der Waals surface area contributed by atoms with Gasteiger partial charge in [-0.15, -0.1) is 0 Å². The molecule has 2 atom stereocenters. The maximum absolute atomic E-state index is 11.0. The summed E-state index contributed by atoms with van der Waals surface area (Å²) in [6, 6.07) is 3.89. The summed E-state index contributed by atoms with van der Waals surface area (Å²) in [5.74, 6) is -2.07. The summed E-state index contributed by atoms with van der Waals surface area (Å²) in [4.78, 5) is 21.6. The first-order valence-corrected chi connectivity index (χ1v) is 5.81. The Morgan fingerprint density at radius 3 is 2.50 bits per heavy atom. The Morgan fingerprint density at radius 1 is 1.30 bits per heavy atom. The monoisotopic (exact) mass is 284 g/mol. The van der Waals surface area contributed by atoms with Crippen LogP contribution in [0.15, 0.2) is 18.2 Å². The minimum absolute atomic E-state index is 0.0415. The molecule has 0 aromatic heterocycles. The van der Waals surface area contributed by atoms with Gasteiger partial charge in [0.2, 0.25) is 0 Å². The minimum Gasteiger partial charge on any atom is -0.508 e. The summed E-state index contributed by atoms with van der Waals surface area (Å²) in [6.45, 7) is 0. The van der Waals surface area contributed by atoms with Gasteiger partial charge in [-0.05, 0) is 17.7 Å². The highest BCUT2D eigenvalue weighted by Crippen LogP contribution is 2.28. The fraction of sp³-hybridized carbons (Fsp3) is 0.385. The van der Waals surface area contributed by atoms with Gasteiger partial charge in [0, 0.05) is 5.56 Å². The molecule has 20 heavy (non-hydrogen) atoms. The van der Waals surface area contributed by atoms with Crippen LogP contribution in [0.4, 0.5) is 0 Å². The number of aliphatic carboxylic acids is 1. The summed E-state index contributed by atoms with van der Waals surface area (Å²) in [5.41, 5.74) is 0.315. The summed E-state index contributed by atoms with van der Waals surface area (Å²) in [5, 5.41) is 37.9. The van der Waals surface area contributed by atoms with Gasteiger partial charge in [0.15, 0.2) is 0 Å². The lowest BCUT2D eigenvalue weighted by Gasteiger charge is -2.18. The zero-order valence-electron chi connectivity index (χ0n) is 10.8. The van der Waals surface area contributed by atoms with E-state index in [1.807, 2.05) is 0 Å². The molecule has 0 aliphatic heterocycles. The molecule has 0 saturated heterocycles. The van der Waals surface area contributed by atoms with Crippen molar-refractivity contribution in [3.8, 4) is 5.75 Å². The summed E-state index contributed by atoms with van der Waals surface area (Å²) >= 11 is 0. The van der Waals surface area contributed by atoms with Crippen molar-refractivity contribution in [3.05, 3.63) is 29.3 Å². The zero-order valence-corrected chi connectivity index (χ0v) is 10.8. The molecule has 2 unspecified atom stereocenters. The standard InChI is InChI=1S/C13H16O7/c1-20-12(18)6-10(15)13(19)8-4-7(5-11(16)17)2-3-9(8)14/h2-4,10,13-15,19H,5-6H2,1H3,(H,16,17). The molecule has 0 aliphatic rings. The molecule has 4 N–H and O–H groups in total.